The van der Waals surface area contributed by atoms with Crippen molar-refractivity contribution in [1.82, 2.24) is 9.55 Å². The summed E-state index contributed by atoms with van der Waals surface area (Å²) in [6.45, 7) is 0.674. The maximum absolute atomic E-state index is 10.6. The van der Waals surface area contributed by atoms with Gasteiger partial charge in [-0.25, -0.2) is 4.98 Å². The number of nitro benzene ring substituents is 1. The lowest BCUT2D eigenvalue weighted by Crippen LogP contribution is -2.01. The molecule has 1 aromatic heterocycles. The molecule has 1 heterocycles. The van der Waals surface area contributed by atoms with Gasteiger partial charge < -0.3 is 15.0 Å². The van der Waals surface area contributed by atoms with E-state index in [-0.39, 0.29) is 5.69 Å². The minimum Gasteiger partial charge on any atom is -0.377 e. The Morgan fingerprint density at radius 3 is 2.63 bits per heavy atom. The van der Waals surface area contributed by atoms with Crippen LogP contribution in [0.15, 0.2) is 30.5 Å². The molecule has 0 atom stereocenters. The van der Waals surface area contributed by atoms with Gasteiger partial charge in [-0.1, -0.05) is 0 Å². The molecule has 100 valence electrons. The van der Waals surface area contributed by atoms with Crippen LogP contribution in [0, 0.1) is 10.1 Å². The quantitative estimate of drug-likeness (QED) is 0.648. The molecule has 0 spiro atoms. The molecule has 2 rings (SSSR count). The van der Waals surface area contributed by atoms with Gasteiger partial charge in [0.15, 0.2) is 0 Å². The van der Waals surface area contributed by atoms with Crippen LogP contribution in [0.3, 0.4) is 0 Å². The Morgan fingerprint density at radius 2 is 2.11 bits per heavy atom. The Morgan fingerprint density at radius 1 is 1.42 bits per heavy atom. The van der Waals surface area contributed by atoms with E-state index in [2.05, 4.69) is 4.98 Å². The number of ether oxygens (including phenoxy) is 1. The average Bonchev–Trinajstić information content (AvgIpc) is 2.82. The fraction of sp³-hybridized carbons (Fsp3) is 0.250. The molecule has 2 N–H and O–H groups in total. The van der Waals surface area contributed by atoms with E-state index in [9.17, 15) is 10.1 Å². The maximum Gasteiger partial charge on any atom is 0.269 e. The molecule has 0 fully saturated rings. The number of methoxy groups -OCH3 is 1. The van der Waals surface area contributed by atoms with E-state index in [1.54, 1.807) is 25.4 Å². The summed E-state index contributed by atoms with van der Waals surface area (Å²) in [6, 6.07) is 6.24. The van der Waals surface area contributed by atoms with Gasteiger partial charge in [0.05, 0.1) is 10.6 Å². The fourth-order valence-electron chi connectivity index (χ4n) is 1.76. The predicted octanol–water partition coefficient (Wildman–Crippen LogP) is 1.39. The molecule has 19 heavy (non-hydrogen) atoms. The number of rotatable bonds is 5. The molecule has 0 amide bonds. The van der Waals surface area contributed by atoms with Crippen molar-refractivity contribution in [2.45, 2.75) is 13.2 Å². The molecule has 0 saturated heterocycles. The Labute approximate surface area is 109 Å². The number of non-ortho nitro benzene ring substituents is 1. The van der Waals surface area contributed by atoms with Crippen LogP contribution in [0.4, 0.5) is 5.69 Å². The molecule has 2 aromatic rings. The van der Waals surface area contributed by atoms with Crippen LogP contribution in [-0.4, -0.2) is 21.6 Å². The monoisotopic (exact) mass is 262 g/mol. The van der Waals surface area contributed by atoms with Gasteiger partial charge in [-0.05, 0) is 12.1 Å². The molecule has 0 aliphatic carbocycles. The van der Waals surface area contributed by atoms with Gasteiger partial charge in [0.25, 0.3) is 5.69 Å². The highest BCUT2D eigenvalue weighted by Gasteiger charge is 2.10. The zero-order valence-corrected chi connectivity index (χ0v) is 10.4. The van der Waals surface area contributed by atoms with Crippen LogP contribution < -0.4 is 5.73 Å². The van der Waals surface area contributed by atoms with Crippen molar-refractivity contribution in [3.63, 3.8) is 0 Å². The fourth-order valence-corrected chi connectivity index (χ4v) is 1.76. The topological polar surface area (TPSA) is 96.2 Å². The Balaban J connectivity index is 2.39. The van der Waals surface area contributed by atoms with Gasteiger partial charge >= 0.3 is 0 Å². The number of nitro groups is 1. The van der Waals surface area contributed by atoms with Crippen molar-refractivity contribution in [3.8, 4) is 5.69 Å². The number of nitrogens with zero attached hydrogens (tertiary/aromatic N) is 3. The molecule has 7 heteroatoms. The minimum absolute atomic E-state index is 0.0520. The summed E-state index contributed by atoms with van der Waals surface area (Å²) < 4.78 is 6.89. The number of hydrogen-bond donors (Lipinski definition) is 1. The van der Waals surface area contributed by atoms with Crippen molar-refractivity contribution in [1.29, 1.82) is 0 Å². The van der Waals surface area contributed by atoms with Gasteiger partial charge in [-0.15, -0.1) is 0 Å². The summed E-state index contributed by atoms with van der Waals surface area (Å²) >= 11 is 0. The summed E-state index contributed by atoms with van der Waals surface area (Å²) in [4.78, 5) is 14.5. The molecule has 7 nitrogen and oxygen atoms in total. The van der Waals surface area contributed by atoms with E-state index in [0.29, 0.717) is 19.0 Å². The highest BCUT2D eigenvalue weighted by molar-refractivity contribution is 5.41. The molecule has 0 aliphatic heterocycles. The van der Waals surface area contributed by atoms with E-state index in [1.807, 2.05) is 4.57 Å². The van der Waals surface area contributed by atoms with Crippen molar-refractivity contribution < 1.29 is 9.66 Å². The van der Waals surface area contributed by atoms with Crippen LogP contribution in [-0.2, 0) is 17.9 Å². The van der Waals surface area contributed by atoms with Crippen molar-refractivity contribution in [2.75, 3.05) is 7.11 Å². The van der Waals surface area contributed by atoms with E-state index >= 15 is 0 Å². The van der Waals surface area contributed by atoms with Crippen molar-refractivity contribution in [2.24, 2.45) is 5.73 Å². The van der Waals surface area contributed by atoms with E-state index in [4.69, 9.17) is 10.5 Å². The Kier molecular flexibility index (Phi) is 3.88. The highest BCUT2D eigenvalue weighted by Crippen LogP contribution is 2.18. The summed E-state index contributed by atoms with van der Waals surface area (Å²) in [5.41, 5.74) is 7.14. The third-order valence-corrected chi connectivity index (χ3v) is 2.65. The normalized spacial score (nSPS) is 10.6. The summed E-state index contributed by atoms with van der Waals surface area (Å²) in [6.07, 6.45) is 1.80. The predicted molar refractivity (Wildman–Crippen MR) is 68.8 cm³/mol. The largest absolute Gasteiger partial charge is 0.377 e. The smallest absolute Gasteiger partial charge is 0.269 e. The average molecular weight is 262 g/mol. The molecular weight excluding hydrogens is 248 g/mol. The first kappa shape index (κ1) is 13.2. The third kappa shape index (κ3) is 2.78. The second-order valence-corrected chi connectivity index (χ2v) is 3.93. The molecule has 0 bridgehead atoms. The highest BCUT2D eigenvalue weighted by atomic mass is 16.6. The van der Waals surface area contributed by atoms with Gasteiger partial charge in [-0.2, -0.15) is 0 Å². The third-order valence-electron chi connectivity index (χ3n) is 2.65. The summed E-state index contributed by atoms with van der Waals surface area (Å²) in [5, 5.41) is 10.6. The molecule has 0 saturated carbocycles. The maximum atomic E-state index is 10.6. The first-order valence-electron chi connectivity index (χ1n) is 5.66. The van der Waals surface area contributed by atoms with Gasteiger partial charge in [-0.3, -0.25) is 10.1 Å². The zero-order valence-electron chi connectivity index (χ0n) is 10.4. The molecule has 1 aromatic carbocycles. The second-order valence-electron chi connectivity index (χ2n) is 3.93. The number of hydrogen-bond acceptors (Lipinski definition) is 5. The van der Waals surface area contributed by atoms with Crippen LogP contribution in [0.1, 0.15) is 11.5 Å². The second kappa shape index (κ2) is 5.59. The SMILES string of the molecule is COCc1nc(CN)cn1-c1ccc([N+](=O)[O-])cc1. The summed E-state index contributed by atoms with van der Waals surface area (Å²) in [5.74, 6) is 0.705. The van der Waals surface area contributed by atoms with E-state index < -0.39 is 4.92 Å². The van der Waals surface area contributed by atoms with Crippen LogP contribution in [0.25, 0.3) is 5.69 Å². The molecule has 0 radical (unpaired) electrons. The van der Waals surface area contributed by atoms with Gasteiger partial charge in [0.1, 0.15) is 12.4 Å². The summed E-state index contributed by atoms with van der Waals surface area (Å²) in [7, 11) is 1.58. The first-order valence-corrected chi connectivity index (χ1v) is 5.66. The first-order chi connectivity index (χ1) is 9.15. The standard InChI is InChI=1S/C12H14N4O3/c1-19-8-12-14-9(6-13)7-15(12)10-2-4-11(5-3-10)16(17)18/h2-5,7H,6,8,13H2,1H3. The minimum atomic E-state index is -0.431. The number of aromatic nitrogens is 2. The lowest BCUT2D eigenvalue weighted by Gasteiger charge is -2.06. The van der Waals surface area contributed by atoms with E-state index in [0.717, 1.165) is 11.4 Å². The Bertz CT molecular complexity index is 577. The molecule has 0 unspecified atom stereocenters. The zero-order chi connectivity index (χ0) is 13.8. The van der Waals surface area contributed by atoms with Gasteiger partial charge in [0, 0.05) is 37.7 Å². The number of nitrogens with two attached hydrogens (primary N) is 1. The van der Waals surface area contributed by atoms with E-state index in [1.165, 1.54) is 12.1 Å². The van der Waals surface area contributed by atoms with Crippen LogP contribution >= 0.6 is 0 Å². The van der Waals surface area contributed by atoms with Crippen molar-refractivity contribution >= 4 is 5.69 Å². The van der Waals surface area contributed by atoms with Crippen LogP contribution in [0.2, 0.25) is 0 Å². The number of benzene rings is 1. The van der Waals surface area contributed by atoms with Gasteiger partial charge in [0.2, 0.25) is 0 Å². The number of imidazole rings is 1. The molecular formula is C12H14N4O3. The Hall–Kier alpha value is -2.25. The van der Waals surface area contributed by atoms with Crippen LogP contribution in [0.5, 0.6) is 0 Å². The lowest BCUT2D eigenvalue weighted by atomic mass is 10.3. The lowest BCUT2D eigenvalue weighted by molar-refractivity contribution is -0.384. The molecule has 0 aliphatic rings. The van der Waals surface area contributed by atoms with Crippen molar-refractivity contribution in [3.05, 3.63) is 52.1 Å².